The van der Waals surface area contributed by atoms with Gasteiger partial charge in [0.2, 0.25) is 5.88 Å². The number of nitrogens with one attached hydrogen (secondary N) is 2. The Hall–Kier alpha value is -2.32. The molecule has 6 nitrogen and oxygen atoms in total. The van der Waals surface area contributed by atoms with Crippen LogP contribution in [0.25, 0.3) is 0 Å². The molecule has 0 amide bonds. The summed E-state index contributed by atoms with van der Waals surface area (Å²) in [6, 6.07) is 5.90. The zero-order chi connectivity index (χ0) is 19.9. The van der Waals surface area contributed by atoms with Gasteiger partial charge in [-0.15, -0.1) is 0 Å². The number of piperidine rings is 1. The molecule has 2 heterocycles. The summed E-state index contributed by atoms with van der Waals surface area (Å²) in [6.07, 6.45) is 6.28. The molecule has 0 unspecified atom stereocenters. The Balaban J connectivity index is 1.67. The summed E-state index contributed by atoms with van der Waals surface area (Å²) in [5, 5.41) is 10.5. The van der Waals surface area contributed by atoms with Gasteiger partial charge < -0.3 is 10.0 Å². The van der Waals surface area contributed by atoms with Gasteiger partial charge >= 0.3 is 0 Å². The lowest BCUT2D eigenvalue weighted by Crippen LogP contribution is -3.12. The molecule has 3 N–H and O–H groups in total. The fourth-order valence-electron chi connectivity index (χ4n) is 3.49. The summed E-state index contributed by atoms with van der Waals surface area (Å²) in [5.74, 6) is -0.569. The monoisotopic (exact) mass is 405 g/mol. The van der Waals surface area contributed by atoms with Crippen molar-refractivity contribution in [2.45, 2.75) is 32.2 Å². The first-order valence-corrected chi connectivity index (χ1v) is 10.1. The van der Waals surface area contributed by atoms with Gasteiger partial charge in [-0.1, -0.05) is 12.1 Å². The third-order valence-electron chi connectivity index (χ3n) is 5.06. The Morgan fingerprint density at radius 2 is 1.96 bits per heavy atom. The van der Waals surface area contributed by atoms with Crippen molar-refractivity contribution in [1.82, 2.24) is 9.55 Å². The number of aromatic nitrogens is 2. The number of H-pyrrole nitrogens is 1. The van der Waals surface area contributed by atoms with Crippen molar-refractivity contribution in [3.8, 4) is 5.88 Å². The van der Waals surface area contributed by atoms with Crippen LogP contribution in [0.4, 0.5) is 4.39 Å². The Kier molecular flexibility index (Phi) is 7.11. The maximum absolute atomic E-state index is 13.1. The minimum absolute atomic E-state index is 0.0843. The molecule has 8 heteroatoms. The molecule has 28 heavy (non-hydrogen) atoms. The van der Waals surface area contributed by atoms with Crippen LogP contribution >= 0.6 is 12.2 Å². The number of quaternary nitrogens is 1. The van der Waals surface area contributed by atoms with Crippen LogP contribution < -0.4 is 10.5 Å². The number of aromatic amines is 1. The van der Waals surface area contributed by atoms with Crippen molar-refractivity contribution in [2.75, 3.05) is 26.2 Å². The van der Waals surface area contributed by atoms with Crippen LogP contribution in [0.5, 0.6) is 5.88 Å². The number of benzene rings is 1. The molecule has 2 aromatic rings. The SMILES string of the molecule is O=c1[nH]c(=S)n(Cc2ccc(F)cc2)c(O)c1C=NCCC[NH+]1CCCCC1. The van der Waals surface area contributed by atoms with Gasteiger partial charge in [0.25, 0.3) is 5.56 Å². The predicted octanol–water partition coefficient (Wildman–Crippen LogP) is 1.68. The highest BCUT2D eigenvalue weighted by Gasteiger charge is 2.13. The lowest BCUT2D eigenvalue weighted by Gasteiger charge is -2.22. The topological polar surface area (TPSA) is 74.8 Å². The van der Waals surface area contributed by atoms with Crippen molar-refractivity contribution in [3.05, 3.63) is 56.3 Å². The maximum Gasteiger partial charge on any atom is 0.264 e. The molecule has 1 aliphatic rings. The Bertz CT molecular complexity index is 931. The first-order valence-electron chi connectivity index (χ1n) is 9.68. The molecule has 3 rings (SSSR count). The van der Waals surface area contributed by atoms with Crippen LogP contribution in [0.15, 0.2) is 34.1 Å². The van der Waals surface area contributed by atoms with Gasteiger partial charge in [0.15, 0.2) is 4.77 Å². The van der Waals surface area contributed by atoms with Crippen molar-refractivity contribution in [3.63, 3.8) is 0 Å². The highest BCUT2D eigenvalue weighted by Crippen LogP contribution is 2.14. The van der Waals surface area contributed by atoms with E-state index in [0.717, 1.165) is 18.5 Å². The van der Waals surface area contributed by atoms with Crippen LogP contribution in [-0.4, -0.2) is 47.1 Å². The number of likely N-dealkylation sites (tertiary alicyclic amines) is 1. The summed E-state index contributed by atoms with van der Waals surface area (Å²) < 4.78 is 14.6. The van der Waals surface area contributed by atoms with Gasteiger partial charge in [-0.25, -0.2) is 4.39 Å². The number of nitrogens with zero attached hydrogens (tertiary/aromatic N) is 2. The average molecular weight is 406 g/mol. The third-order valence-corrected chi connectivity index (χ3v) is 5.38. The lowest BCUT2D eigenvalue weighted by molar-refractivity contribution is -0.904. The number of halogens is 1. The summed E-state index contributed by atoms with van der Waals surface area (Å²) in [6.45, 7) is 4.37. The van der Waals surface area contributed by atoms with E-state index < -0.39 is 5.56 Å². The van der Waals surface area contributed by atoms with Crippen LogP contribution in [0.3, 0.4) is 0 Å². The molecule has 1 saturated heterocycles. The largest absolute Gasteiger partial charge is 0.494 e. The Labute approximate surface area is 168 Å². The molecular weight excluding hydrogens is 379 g/mol. The van der Waals surface area contributed by atoms with E-state index in [1.165, 1.54) is 55.3 Å². The number of aliphatic imine (C=N–C) groups is 1. The van der Waals surface area contributed by atoms with Gasteiger partial charge in [0.1, 0.15) is 11.4 Å². The first kappa shape index (κ1) is 20.4. The molecule has 0 atom stereocenters. The van der Waals surface area contributed by atoms with Crippen LogP contribution in [-0.2, 0) is 6.54 Å². The quantitative estimate of drug-likeness (QED) is 0.373. The van der Waals surface area contributed by atoms with Crippen molar-refractivity contribution >= 4 is 18.4 Å². The number of hydrogen-bond acceptors (Lipinski definition) is 4. The number of aromatic hydroxyl groups is 1. The Morgan fingerprint density at radius 3 is 2.68 bits per heavy atom. The molecule has 1 aromatic heterocycles. The van der Waals surface area contributed by atoms with E-state index in [2.05, 4.69) is 9.98 Å². The van der Waals surface area contributed by atoms with Gasteiger partial charge in [0, 0.05) is 19.2 Å². The molecule has 1 aliphatic heterocycles. The van der Waals surface area contributed by atoms with Crippen LogP contribution in [0, 0.1) is 10.6 Å². The lowest BCUT2D eigenvalue weighted by atomic mass is 10.1. The minimum Gasteiger partial charge on any atom is -0.494 e. The zero-order valence-electron chi connectivity index (χ0n) is 15.8. The first-order chi connectivity index (χ1) is 13.5. The normalized spacial score (nSPS) is 15.3. The molecule has 150 valence electrons. The molecule has 0 radical (unpaired) electrons. The minimum atomic E-state index is -0.469. The molecule has 0 saturated carbocycles. The van der Waals surface area contributed by atoms with Gasteiger partial charge in [-0.2, -0.15) is 0 Å². The van der Waals surface area contributed by atoms with Gasteiger partial charge in [-0.05, 0) is 49.2 Å². The summed E-state index contributed by atoms with van der Waals surface area (Å²) in [5.41, 5.74) is 0.372. The third kappa shape index (κ3) is 5.36. The van der Waals surface area contributed by atoms with Gasteiger partial charge in [-0.3, -0.25) is 19.3 Å². The second-order valence-electron chi connectivity index (χ2n) is 7.16. The van der Waals surface area contributed by atoms with E-state index in [1.54, 1.807) is 17.0 Å². The van der Waals surface area contributed by atoms with E-state index >= 15 is 0 Å². The summed E-state index contributed by atoms with van der Waals surface area (Å²) >= 11 is 5.16. The highest BCUT2D eigenvalue weighted by atomic mass is 32.1. The summed E-state index contributed by atoms with van der Waals surface area (Å²) in [4.78, 5) is 20.7. The Morgan fingerprint density at radius 1 is 1.25 bits per heavy atom. The molecular formula is C20H26FN4O2S+. The van der Waals surface area contributed by atoms with E-state index in [-0.39, 0.29) is 28.6 Å². The maximum atomic E-state index is 13.1. The van der Waals surface area contributed by atoms with Gasteiger partial charge in [0.05, 0.1) is 26.2 Å². The fraction of sp³-hybridized carbons (Fsp3) is 0.450. The van der Waals surface area contributed by atoms with E-state index in [9.17, 15) is 14.3 Å². The van der Waals surface area contributed by atoms with Crippen molar-refractivity contribution < 1.29 is 14.4 Å². The van der Waals surface area contributed by atoms with E-state index in [1.807, 2.05) is 0 Å². The fourth-order valence-corrected chi connectivity index (χ4v) is 3.73. The summed E-state index contributed by atoms with van der Waals surface area (Å²) in [7, 11) is 0. The smallest absolute Gasteiger partial charge is 0.264 e. The molecule has 0 bridgehead atoms. The molecule has 1 fully saturated rings. The zero-order valence-corrected chi connectivity index (χ0v) is 16.6. The second kappa shape index (κ2) is 9.75. The number of rotatable bonds is 7. The average Bonchev–Trinajstić information content (AvgIpc) is 2.69. The highest BCUT2D eigenvalue weighted by molar-refractivity contribution is 7.71. The van der Waals surface area contributed by atoms with E-state index in [4.69, 9.17) is 12.2 Å². The van der Waals surface area contributed by atoms with Crippen LogP contribution in [0.2, 0.25) is 0 Å². The van der Waals surface area contributed by atoms with Crippen molar-refractivity contribution in [2.24, 2.45) is 4.99 Å². The van der Waals surface area contributed by atoms with E-state index in [0.29, 0.717) is 6.54 Å². The molecule has 0 aliphatic carbocycles. The number of hydrogen-bond donors (Lipinski definition) is 3. The van der Waals surface area contributed by atoms with Crippen molar-refractivity contribution in [1.29, 1.82) is 0 Å². The van der Waals surface area contributed by atoms with Crippen LogP contribution in [0.1, 0.15) is 36.8 Å². The molecule has 1 aromatic carbocycles. The second-order valence-corrected chi connectivity index (χ2v) is 7.55. The predicted molar refractivity (Wildman–Crippen MR) is 110 cm³/mol. The molecule has 0 spiro atoms. The standard InChI is InChI=1S/C20H25FN4O2S/c21-16-7-5-15(6-8-16)14-25-19(27)17(18(26)23-20(25)28)13-22-9-4-12-24-10-2-1-3-11-24/h5-8,13,27H,1-4,9-12,14H2,(H,23,26,28)/p+1.